The van der Waals surface area contributed by atoms with Gasteiger partial charge in [0.15, 0.2) is 0 Å². The Bertz CT molecular complexity index is 918. The number of fused-ring (bicyclic) bond motifs is 4. The average molecular weight is 315 g/mol. The predicted octanol–water partition coefficient (Wildman–Crippen LogP) is 4.35. The van der Waals surface area contributed by atoms with Crippen molar-refractivity contribution in [2.24, 2.45) is 5.92 Å². The minimum Gasteiger partial charge on any atom is -0.399 e. The van der Waals surface area contributed by atoms with Crippen molar-refractivity contribution < 1.29 is 0 Å². The molecule has 3 aromatic rings. The summed E-state index contributed by atoms with van der Waals surface area (Å²) in [6.07, 6.45) is 5.55. The molecule has 2 aliphatic rings. The van der Waals surface area contributed by atoms with Gasteiger partial charge in [-0.15, -0.1) is 0 Å². The number of nitrogens with one attached hydrogen (secondary N) is 1. The van der Waals surface area contributed by atoms with Crippen LogP contribution in [0.1, 0.15) is 29.9 Å². The molecule has 3 N–H and O–H groups in total. The van der Waals surface area contributed by atoms with Crippen molar-refractivity contribution in [2.75, 3.05) is 11.1 Å². The van der Waals surface area contributed by atoms with Crippen molar-refractivity contribution in [3.05, 3.63) is 65.9 Å². The van der Waals surface area contributed by atoms with Gasteiger partial charge in [0.1, 0.15) is 5.82 Å². The molecule has 0 amide bonds. The Morgan fingerprint density at radius 2 is 2.00 bits per heavy atom. The molecule has 3 unspecified atom stereocenters. The van der Waals surface area contributed by atoms with E-state index in [0.717, 1.165) is 34.1 Å². The van der Waals surface area contributed by atoms with Gasteiger partial charge in [-0.25, -0.2) is 4.98 Å². The zero-order valence-corrected chi connectivity index (χ0v) is 13.6. The molecule has 2 aromatic carbocycles. The van der Waals surface area contributed by atoms with Gasteiger partial charge >= 0.3 is 0 Å². The van der Waals surface area contributed by atoms with E-state index < -0.39 is 0 Å². The van der Waals surface area contributed by atoms with E-state index in [9.17, 15) is 0 Å². The van der Waals surface area contributed by atoms with Crippen molar-refractivity contribution in [3.8, 4) is 0 Å². The van der Waals surface area contributed by atoms with Gasteiger partial charge in [-0.3, -0.25) is 0 Å². The Morgan fingerprint density at radius 1 is 1.08 bits per heavy atom. The summed E-state index contributed by atoms with van der Waals surface area (Å²) in [5, 5.41) is 6.03. The van der Waals surface area contributed by atoms with E-state index in [2.05, 4.69) is 40.6 Å². The van der Waals surface area contributed by atoms with Gasteiger partial charge in [-0.1, -0.05) is 24.3 Å². The highest BCUT2D eigenvalue weighted by atomic mass is 15.0. The maximum absolute atomic E-state index is 5.90. The average Bonchev–Trinajstić information content (AvgIpc) is 2.59. The van der Waals surface area contributed by atoms with Crippen LogP contribution in [0.5, 0.6) is 0 Å². The van der Waals surface area contributed by atoms with Crippen LogP contribution in [0.3, 0.4) is 0 Å². The van der Waals surface area contributed by atoms with Crippen molar-refractivity contribution >= 4 is 22.3 Å². The molecular formula is C21H21N3. The summed E-state index contributed by atoms with van der Waals surface area (Å²) in [4.78, 5) is 4.59. The van der Waals surface area contributed by atoms with Crippen LogP contribution in [0.15, 0.2) is 54.7 Å². The van der Waals surface area contributed by atoms with Crippen molar-refractivity contribution in [1.82, 2.24) is 4.98 Å². The standard InChI is InChI=1S/C21H21N3/c22-15-6-8-17-14(11-15)9-10-23-21(17)24-20-12-19-16-4-2-1-3-13(16)5-7-18(19)20/h1-4,6,8-11,18-20H,5,7,12,22H2,(H,23,24). The fourth-order valence-corrected chi connectivity index (χ4v) is 4.57. The molecule has 3 atom stereocenters. The predicted molar refractivity (Wildman–Crippen MR) is 99.2 cm³/mol. The number of nitrogen functional groups attached to an aromatic ring is 1. The second kappa shape index (κ2) is 5.23. The van der Waals surface area contributed by atoms with Crippen LogP contribution in [0.25, 0.3) is 10.8 Å². The summed E-state index contributed by atoms with van der Waals surface area (Å²) in [5.41, 5.74) is 9.83. The summed E-state index contributed by atoms with van der Waals surface area (Å²) in [6.45, 7) is 0. The van der Waals surface area contributed by atoms with Crippen molar-refractivity contribution in [3.63, 3.8) is 0 Å². The SMILES string of the molecule is Nc1ccc2c(NC3CC4c5ccccc5CCC34)nccc2c1. The number of nitrogens with two attached hydrogens (primary N) is 1. The zero-order chi connectivity index (χ0) is 16.1. The largest absolute Gasteiger partial charge is 0.399 e. The molecule has 0 spiro atoms. The fourth-order valence-electron chi connectivity index (χ4n) is 4.57. The molecule has 5 rings (SSSR count). The fraction of sp³-hybridized carbons (Fsp3) is 0.286. The van der Waals surface area contributed by atoms with Gasteiger partial charge in [0.05, 0.1) is 0 Å². The lowest BCUT2D eigenvalue weighted by molar-refractivity contribution is 0.194. The normalized spacial score (nSPS) is 24.8. The minimum atomic E-state index is 0.527. The molecule has 1 fully saturated rings. The maximum Gasteiger partial charge on any atom is 0.134 e. The van der Waals surface area contributed by atoms with E-state index in [-0.39, 0.29) is 0 Å². The monoisotopic (exact) mass is 315 g/mol. The summed E-state index contributed by atoms with van der Waals surface area (Å²) in [7, 11) is 0. The van der Waals surface area contributed by atoms with Gasteiger partial charge < -0.3 is 11.1 Å². The quantitative estimate of drug-likeness (QED) is 0.691. The maximum atomic E-state index is 5.90. The molecule has 0 saturated heterocycles. The number of aryl methyl sites for hydroxylation is 1. The van der Waals surface area contributed by atoms with Crippen LogP contribution in [0, 0.1) is 5.92 Å². The Morgan fingerprint density at radius 3 is 2.96 bits per heavy atom. The summed E-state index contributed by atoms with van der Waals surface area (Å²) < 4.78 is 0. The summed E-state index contributed by atoms with van der Waals surface area (Å²) in [6, 6.07) is 17.6. The summed E-state index contributed by atoms with van der Waals surface area (Å²) >= 11 is 0. The van der Waals surface area contributed by atoms with Crippen LogP contribution in [-0.2, 0) is 6.42 Å². The molecule has 1 aromatic heterocycles. The minimum absolute atomic E-state index is 0.527. The highest BCUT2D eigenvalue weighted by molar-refractivity contribution is 5.93. The summed E-state index contributed by atoms with van der Waals surface area (Å²) in [5.74, 6) is 2.44. The molecule has 0 radical (unpaired) electrons. The topological polar surface area (TPSA) is 50.9 Å². The van der Waals surface area contributed by atoms with Crippen LogP contribution < -0.4 is 11.1 Å². The Balaban J connectivity index is 1.41. The van der Waals surface area contributed by atoms with E-state index in [1.807, 2.05) is 24.4 Å². The number of nitrogens with zero attached hydrogens (tertiary/aromatic N) is 1. The number of anilines is 2. The lowest BCUT2D eigenvalue weighted by Gasteiger charge is -2.49. The number of aromatic nitrogens is 1. The van der Waals surface area contributed by atoms with E-state index in [4.69, 9.17) is 5.73 Å². The Hall–Kier alpha value is -2.55. The lowest BCUT2D eigenvalue weighted by Crippen LogP contribution is -2.47. The lowest BCUT2D eigenvalue weighted by atomic mass is 9.60. The molecule has 1 saturated carbocycles. The first-order valence-corrected chi connectivity index (χ1v) is 8.78. The van der Waals surface area contributed by atoms with Crippen LogP contribution in [0.2, 0.25) is 0 Å². The van der Waals surface area contributed by atoms with E-state index in [1.54, 1.807) is 11.1 Å². The van der Waals surface area contributed by atoms with Crippen LogP contribution in [-0.4, -0.2) is 11.0 Å². The van der Waals surface area contributed by atoms with Crippen molar-refractivity contribution in [1.29, 1.82) is 0 Å². The van der Waals surface area contributed by atoms with E-state index in [0.29, 0.717) is 6.04 Å². The zero-order valence-electron chi connectivity index (χ0n) is 13.6. The van der Waals surface area contributed by atoms with Crippen molar-refractivity contribution in [2.45, 2.75) is 31.2 Å². The van der Waals surface area contributed by atoms with Gasteiger partial charge in [0.2, 0.25) is 0 Å². The highest BCUT2D eigenvalue weighted by Crippen LogP contribution is 2.50. The number of benzene rings is 2. The first kappa shape index (κ1) is 13.8. The van der Waals surface area contributed by atoms with Gasteiger partial charge in [0.25, 0.3) is 0 Å². The Kier molecular flexibility index (Phi) is 3.02. The molecule has 0 aliphatic heterocycles. The van der Waals surface area contributed by atoms with Gasteiger partial charge in [0, 0.05) is 23.3 Å². The van der Waals surface area contributed by atoms with Gasteiger partial charge in [-0.2, -0.15) is 0 Å². The third kappa shape index (κ3) is 2.08. The Labute approximate surface area is 141 Å². The number of hydrogen-bond acceptors (Lipinski definition) is 3. The first-order chi connectivity index (χ1) is 11.8. The molecule has 3 heteroatoms. The van der Waals surface area contributed by atoms with Gasteiger partial charge in [-0.05, 0) is 71.9 Å². The molecule has 120 valence electrons. The smallest absolute Gasteiger partial charge is 0.134 e. The van der Waals surface area contributed by atoms with Crippen LogP contribution >= 0.6 is 0 Å². The van der Waals surface area contributed by atoms with E-state index >= 15 is 0 Å². The molecular weight excluding hydrogens is 294 g/mol. The van der Waals surface area contributed by atoms with Crippen LogP contribution in [0.4, 0.5) is 11.5 Å². The molecule has 0 bridgehead atoms. The number of rotatable bonds is 2. The second-order valence-corrected chi connectivity index (χ2v) is 7.13. The second-order valence-electron chi connectivity index (χ2n) is 7.13. The molecule has 2 aliphatic carbocycles. The molecule has 24 heavy (non-hydrogen) atoms. The number of hydrogen-bond donors (Lipinski definition) is 2. The highest BCUT2D eigenvalue weighted by Gasteiger charge is 2.44. The number of pyridine rings is 1. The third-order valence-corrected chi connectivity index (χ3v) is 5.85. The third-order valence-electron chi connectivity index (χ3n) is 5.85. The first-order valence-electron chi connectivity index (χ1n) is 8.78. The molecule has 3 nitrogen and oxygen atoms in total. The molecule has 1 heterocycles. The van der Waals surface area contributed by atoms with E-state index in [1.165, 1.54) is 19.3 Å².